The summed E-state index contributed by atoms with van der Waals surface area (Å²) in [5.74, 6) is -1.17. The molecule has 0 aliphatic carbocycles. The third-order valence-corrected chi connectivity index (χ3v) is 5.93. The molecule has 3 amide bonds. The Morgan fingerprint density at radius 2 is 1.92 bits per heavy atom. The third-order valence-electron chi connectivity index (χ3n) is 4.06. The summed E-state index contributed by atoms with van der Waals surface area (Å²) in [5.41, 5.74) is 0.838. The molecule has 1 unspecified atom stereocenters. The highest BCUT2D eigenvalue weighted by molar-refractivity contribution is 7.93. The lowest BCUT2D eigenvalue weighted by atomic mass is 10.1. The van der Waals surface area contributed by atoms with Crippen molar-refractivity contribution < 1.29 is 22.8 Å². The molecule has 2 aliphatic heterocycles. The van der Waals surface area contributed by atoms with Crippen molar-refractivity contribution in [1.29, 1.82) is 0 Å². The van der Waals surface area contributed by atoms with Crippen LogP contribution in [0.25, 0.3) is 0 Å². The van der Waals surface area contributed by atoms with Gasteiger partial charge in [0.15, 0.2) is 0 Å². The Morgan fingerprint density at radius 3 is 2.50 bits per heavy atom. The Balaban J connectivity index is 1.68. The molecule has 3 rings (SSSR count). The van der Waals surface area contributed by atoms with E-state index in [4.69, 9.17) is 0 Å². The zero-order valence-electron chi connectivity index (χ0n) is 12.8. The fourth-order valence-corrected chi connectivity index (χ4v) is 4.35. The lowest BCUT2D eigenvalue weighted by Crippen LogP contribution is -2.52. The maximum Gasteiger partial charge on any atom is 0.251 e. The smallest absolute Gasteiger partial charge is 0.251 e. The summed E-state index contributed by atoms with van der Waals surface area (Å²) >= 11 is 0. The Kier molecular flexibility index (Phi) is 4.27. The molecule has 0 aromatic heterocycles. The van der Waals surface area contributed by atoms with Crippen LogP contribution < -0.4 is 14.9 Å². The molecule has 9 heteroatoms. The molecule has 2 saturated heterocycles. The lowest BCUT2D eigenvalue weighted by molar-refractivity contribution is -0.134. The average Bonchev–Trinajstić information content (AvgIpc) is 2.89. The van der Waals surface area contributed by atoms with Crippen LogP contribution in [0.15, 0.2) is 24.3 Å². The van der Waals surface area contributed by atoms with Crippen molar-refractivity contribution >= 4 is 33.4 Å². The van der Waals surface area contributed by atoms with Crippen LogP contribution in [0.3, 0.4) is 0 Å². The number of hydrogen-bond donors (Lipinski definition) is 2. The number of piperidine rings is 1. The van der Waals surface area contributed by atoms with Crippen LogP contribution in [-0.4, -0.2) is 44.5 Å². The van der Waals surface area contributed by atoms with Gasteiger partial charge in [-0.3, -0.25) is 24.0 Å². The van der Waals surface area contributed by atoms with Gasteiger partial charge in [-0.25, -0.2) is 8.42 Å². The van der Waals surface area contributed by atoms with E-state index < -0.39 is 27.9 Å². The van der Waals surface area contributed by atoms with Crippen LogP contribution in [0, 0.1) is 0 Å². The van der Waals surface area contributed by atoms with E-state index in [0.29, 0.717) is 24.2 Å². The van der Waals surface area contributed by atoms with Crippen molar-refractivity contribution in [1.82, 2.24) is 10.6 Å². The number of nitrogens with one attached hydrogen (secondary N) is 2. The SMILES string of the molecule is O=C1CCC(NC(=O)c2ccc(N3CCCS3(=O)=O)cc2)C(=O)N1. The van der Waals surface area contributed by atoms with E-state index in [1.165, 1.54) is 16.4 Å². The van der Waals surface area contributed by atoms with E-state index in [2.05, 4.69) is 10.6 Å². The van der Waals surface area contributed by atoms with E-state index in [1.807, 2.05) is 0 Å². The number of anilines is 1. The van der Waals surface area contributed by atoms with Crippen LogP contribution in [0.1, 0.15) is 29.6 Å². The highest BCUT2D eigenvalue weighted by Gasteiger charge is 2.29. The minimum atomic E-state index is -3.26. The van der Waals surface area contributed by atoms with Crippen molar-refractivity contribution in [2.45, 2.75) is 25.3 Å². The summed E-state index contributed by atoms with van der Waals surface area (Å²) in [5, 5.41) is 4.75. The number of benzene rings is 1. The van der Waals surface area contributed by atoms with Crippen LogP contribution in [0.4, 0.5) is 5.69 Å². The molecule has 0 spiro atoms. The first kappa shape index (κ1) is 16.4. The number of amides is 3. The first-order valence-corrected chi connectivity index (χ1v) is 9.23. The number of carbonyl (C=O) groups excluding carboxylic acids is 3. The van der Waals surface area contributed by atoms with Gasteiger partial charge in [-0.05, 0) is 37.1 Å². The summed E-state index contributed by atoms with van der Waals surface area (Å²) < 4.78 is 25.1. The van der Waals surface area contributed by atoms with E-state index in [-0.39, 0.29) is 24.5 Å². The maximum absolute atomic E-state index is 12.2. The second-order valence-corrected chi connectivity index (χ2v) is 7.78. The lowest BCUT2D eigenvalue weighted by Gasteiger charge is -2.22. The molecule has 8 nitrogen and oxygen atoms in total. The van der Waals surface area contributed by atoms with E-state index in [1.54, 1.807) is 12.1 Å². The average molecular weight is 351 g/mol. The first-order valence-electron chi connectivity index (χ1n) is 7.62. The quantitative estimate of drug-likeness (QED) is 0.730. The fraction of sp³-hybridized carbons (Fsp3) is 0.400. The van der Waals surface area contributed by atoms with Crippen LogP contribution in [0.2, 0.25) is 0 Å². The van der Waals surface area contributed by atoms with Gasteiger partial charge in [0.1, 0.15) is 6.04 Å². The van der Waals surface area contributed by atoms with Crippen LogP contribution >= 0.6 is 0 Å². The number of nitrogens with zero attached hydrogens (tertiary/aromatic N) is 1. The highest BCUT2D eigenvalue weighted by atomic mass is 32.2. The van der Waals surface area contributed by atoms with Crippen molar-refractivity contribution in [3.05, 3.63) is 29.8 Å². The Bertz CT molecular complexity index is 788. The van der Waals surface area contributed by atoms with Gasteiger partial charge < -0.3 is 5.32 Å². The Morgan fingerprint density at radius 1 is 1.21 bits per heavy atom. The zero-order chi connectivity index (χ0) is 17.3. The van der Waals surface area contributed by atoms with Crippen LogP contribution in [0.5, 0.6) is 0 Å². The van der Waals surface area contributed by atoms with Gasteiger partial charge in [-0.2, -0.15) is 0 Å². The molecule has 0 radical (unpaired) electrons. The van der Waals surface area contributed by atoms with Crippen molar-refractivity contribution in [2.75, 3.05) is 16.6 Å². The molecule has 2 aliphatic rings. The first-order chi connectivity index (χ1) is 11.4. The van der Waals surface area contributed by atoms with Crippen molar-refractivity contribution in [3.8, 4) is 0 Å². The largest absolute Gasteiger partial charge is 0.340 e. The van der Waals surface area contributed by atoms with Gasteiger partial charge in [0.25, 0.3) is 5.91 Å². The second kappa shape index (κ2) is 6.23. The minimum Gasteiger partial charge on any atom is -0.340 e. The molecule has 1 aromatic carbocycles. The molecule has 1 atom stereocenters. The molecule has 1 aromatic rings. The molecule has 0 bridgehead atoms. The molecule has 2 fully saturated rings. The van der Waals surface area contributed by atoms with Crippen LogP contribution in [-0.2, 0) is 19.6 Å². The van der Waals surface area contributed by atoms with Gasteiger partial charge in [-0.15, -0.1) is 0 Å². The fourth-order valence-electron chi connectivity index (χ4n) is 2.78. The standard InChI is InChI=1S/C15H17N3O5S/c19-13-7-6-12(15(21)17-13)16-14(20)10-2-4-11(5-3-10)18-8-1-9-24(18,22)23/h2-5,12H,1,6-9H2,(H,16,20)(H,17,19,21). The van der Waals surface area contributed by atoms with Gasteiger partial charge in [0, 0.05) is 18.5 Å². The summed E-state index contributed by atoms with van der Waals surface area (Å²) in [7, 11) is -3.26. The van der Waals surface area contributed by atoms with Gasteiger partial charge >= 0.3 is 0 Å². The minimum absolute atomic E-state index is 0.130. The summed E-state index contributed by atoms with van der Waals surface area (Å²) in [4.78, 5) is 34.9. The monoisotopic (exact) mass is 351 g/mol. The molecule has 2 heterocycles. The van der Waals surface area contributed by atoms with Gasteiger partial charge in [0.05, 0.1) is 11.4 Å². The number of hydrogen-bond acceptors (Lipinski definition) is 5. The topological polar surface area (TPSA) is 113 Å². The summed E-state index contributed by atoms with van der Waals surface area (Å²) in [6.07, 6.45) is 1.03. The van der Waals surface area contributed by atoms with E-state index in [0.717, 1.165) is 0 Å². The van der Waals surface area contributed by atoms with E-state index >= 15 is 0 Å². The number of sulfonamides is 1. The molecule has 0 saturated carbocycles. The molecular formula is C15H17N3O5S. The summed E-state index contributed by atoms with van der Waals surface area (Å²) in [6, 6.07) is 5.44. The molecule has 128 valence electrons. The number of rotatable bonds is 3. The van der Waals surface area contributed by atoms with Crippen molar-refractivity contribution in [2.24, 2.45) is 0 Å². The normalized spacial score (nSPS) is 23.0. The van der Waals surface area contributed by atoms with Gasteiger partial charge in [-0.1, -0.05) is 0 Å². The van der Waals surface area contributed by atoms with Gasteiger partial charge in [0.2, 0.25) is 21.8 Å². The number of imide groups is 1. The number of carbonyl (C=O) groups is 3. The highest BCUT2D eigenvalue weighted by Crippen LogP contribution is 2.24. The predicted octanol–water partition coefficient (Wildman–Crippen LogP) is -0.238. The maximum atomic E-state index is 12.2. The predicted molar refractivity (Wildman–Crippen MR) is 85.8 cm³/mol. The zero-order valence-corrected chi connectivity index (χ0v) is 13.6. The summed E-state index contributed by atoms with van der Waals surface area (Å²) in [6.45, 7) is 0.435. The Hall–Kier alpha value is -2.42. The molecule has 24 heavy (non-hydrogen) atoms. The second-order valence-electron chi connectivity index (χ2n) is 5.77. The third kappa shape index (κ3) is 3.25. The molecular weight excluding hydrogens is 334 g/mol. The van der Waals surface area contributed by atoms with Crippen molar-refractivity contribution in [3.63, 3.8) is 0 Å². The Labute approximate surface area is 139 Å². The van der Waals surface area contributed by atoms with E-state index in [9.17, 15) is 22.8 Å². The molecule has 2 N–H and O–H groups in total.